The lowest BCUT2D eigenvalue weighted by molar-refractivity contribution is -0.136. The number of piperidine rings is 3. The van der Waals surface area contributed by atoms with Crippen molar-refractivity contribution in [3.8, 4) is 0 Å². The van der Waals surface area contributed by atoms with Gasteiger partial charge in [0.1, 0.15) is 6.04 Å². The summed E-state index contributed by atoms with van der Waals surface area (Å²) >= 11 is 0. The van der Waals surface area contributed by atoms with Crippen LogP contribution in [0.4, 0.5) is 5.69 Å². The van der Waals surface area contributed by atoms with Crippen LogP contribution >= 0.6 is 0 Å². The first kappa shape index (κ1) is 21.1. The number of rotatable bonds is 4. The smallest absolute Gasteiger partial charge is 0.264 e. The van der Waals surface area contributed by atoms with Gasteiger partial charge in [0.2, 0.25) is 11.8 Å². The van der Waals surface area contributed by atoms with Gasteiger partial charge in [-0.15, -0.1) is 0 Å². The van der Waals surface area contributed by atoms with Gasteiger partial charge in [0.05, 0.1) is 11.1 Å². The average molecular weight is 440 g/mol. The van der Waals surface area contributed by atoms with Crippen molar-refractivity contribution in [1.29, 1.82) is 0 Å². The molecule has 9 nitrogen and oxygen atoms in total. The Morgan fingerprint density at radius 3 is 2.38 bits per heavy atom. The minimum absolute atomic E-state index is 0.116. The zero-order valence-electron chi connectivity index (χ0n) is 18.1. The standard InChI is InChI=1S/C23H29N5O4/c29-19-5-4-18(21(30)26-19)28-22(31)16-2-1-3-17(20(16)23(28)32)25-14-8-12-27(13-9-14)15-6-10-24-11-7-15/h1-3,14-15,18,24-25H,4-13H2,(H,26,29,30). The van der Waals surface area contributed by atoms with Crippen molar-refractivity contribution in [3.05, 3.63) is 29.3 Å². The Hall–Kier alpha value is -2.78. The summed E-state index contributed by atoms with van der Waals surface area (Å²) in [4.78, 5) is 53.6. The lowest BCUT2D eigenvalue weighted by Gasteiger charge is -2.40. The van der Waals surface area contributed by atoms with E-state index in [0.717, 1.165) is 43.9 Å². The van der Waals surface area contributed by atoms with Crippen LogP contribution in [0.5, 0.6) is 0 Å². The van der Waals surface area contributed by atoms with Gasteiger partial charge in [-0.25, -0.2) is 0 Å². The maximum absolute atomic E-state index is 13.2. The molecule has 32 heavy (non-hydrogen) atoms. The minimum atomic E-state index is -0.943. The first-order valence-electron chi connectivity index (χ1n) is 11.6. The molecular weight excluding hydrogens is 410 g/mol. The molecule has 5 rings (SSSR count). The molecule has 3 fully saturated rings. The zero-order valence-corrected chi connectivity index (χ0v) is 18.1. The molecule has 0 spiro atoms. The van der Waals surface area contributed by atoms with Crippen LogP contribution in [0.3, 0.4) is 0 Å². The van der Waals surface area contributed by atoms with Gasteiger partial charge < -0.3 is 15.5 Å². The molecule has 4 aliphatic rings. The molecule has 0 saturated carbocycles. The lowest BCUT2D eigenvalue weighted by atomic mass is 9.98. The van der Waals surface area contributed by atoms with E-state index in [1.54, 1.807) is 12.1 Å². The number of nitrogens with zero attached hydrogens (tertiary/aromatic N) is 2. The van der Waals surface area contributed by atoms with Gasteiger partial charge in [-0.05, 0) is 57.3 Å². The molecule has 0 aromatic heterocycles. The summed E-state index contributed by atoms with van der Waals surface area (Å²) in [5, 5.41) is 9.16. The fourth-order valence-electron chi connectivity index (χ4n) is 5.44. The highest BCUT2D eigenvalue weighted by molar-refractivity contribution is 6.25. The summed E-state index contributed by atoms with van der Waals surface area (Å²) < 4.78 is 0. The van der Waals surface area contributed by atoms with Crippen LogP contribution in [-0.2, 0) is 9.59 Å². The molecule has 170 valence electrons. The number of hydrogen-bond acceptors (Lipinski definition) is 7. The summed E-state index contributed by atoms with van der Waals surface area (Å²) in [5.74, 6) is -1.89. The zero-order chi connectivity index (χ0) is 22.2. The van der Waals surface area contributed by atoms with Crippen LogP contribution in [0.15, 0.2) is 18.2 Å². The van der Waals surface area contributed by atoms with Crippen molar-refractivity contribution >= 4 is 29.3 Å². The second-order valence-electron chi connectivity index (χ2n) is 9.11. The van der Waals surface area contributed by atoms with Crippen molar-refractivity contribution in [2.45, 2.75) is 56.7 Å². The molecule has 3 N–H and O–H groups in total. The molecule has 4 heterocycles. The fraction of sp³-hybridized carbons (Fsp3) is 0.565. The lowest BCUT2D eigenvalue weighted by Crippen LogP contribution is -2.54. The third kappa shape index (κ3) is 3.80. The molecule has 1 atom stereocenters. The minimum Gasteiger partial charge on any atom is -0.382 e. The Labute approximate surface area is 186 Å². The number of amides is 4. The summed E-state index contributed by atoms with van der Waals surface area (Å²) in [6.07, 6.45) is 4.62. The Balaban J connectivity index is 1.28. The molecule has 1 aromatic rings. The highest BCUT2D eigenvalue weighted by Crippen LogP contribution is 2.33. The first-order valence-corrected chi connectivity index (χ1v) is 11.6. The van der Waals surface area contributed by atoms with Crippen molar-refractivity contribution in [2.24, 2.45) is 0 Å². The second kappa shape index (κ2) is 8.63. The van der Waals surface area contributed by atoms with E-state index in [2.05, 4.69) is 20.9 Å². The molecule has 1 unspecified atom stereocenters. The predicted molar refractivity (Wildman–Crippen MR) is 117 cm³/mol. The maximum Gasteiger partial charge on any atom is 0.264 e. The topological polar surface area (TPSA) is 111 Å². The molecule has 4 aliphatic heterocycles. The van der Waals surface area contributed by atoms with E-state index in [-0.39, 0.29) is 24.8 Å². The third-order valence-corrected chi connectivity index (χ3v) is 7.18. The van der Waals surface area contributed by atoms with Gasteiger partial charge in [0.15, 0.2) is 0 Å². The Kier molecular flexibility index (Phi) is 5.69. The third-order valence-electron chi connectivity index (χ3n) is 7.18. The van der Waals surface area contributed by atoms with E-state index in [9.17, 15) is 19.2 Å². The highest BCUT2D eigenvalue weighted by Gasteiger charge is 2.45. The van der Waals surface area contributed by atoms with E-state index in [1.165, 1.54) is 12.8 Å². The SMILES string of the molecule is O=C1CCC(N2C(=O)c3cccc(NC4CCN(C5CCNCC5)CC4)c3C2=O)C(=O)N1. The Morgan fingerprint density at radius 1 is 0.906 bits per heavy atom. The van der Waals surface area contributed by atoms with E-state index in [1.807, 2.05) is 6.07 Å². The van der Waals surface area contributed by atoms with Crippen LogP contribution in [-0.4, -0.2) is 77.7 Å². The van der Waals surface area contributed by atoms with Gasteiger partial charge in [-0.3, -0.25) is 29.4 Å². The van der Waals surface area contributed by atoms with Crippen molar-refractivity contribution in [2.75, 3.05) is 31.5 Å². The van der Waals surface area contributed by atoms with E-state index < -0.39 is 23.8 Å². The van der Waals surface area contributed by atoms with Crippen LogP contribution in [0.1, 0.15) is 59.2 Å². The normalized spacial score (nSPS) is 25.8. The molecule has 9 heteroatoms. The van der Waals surface area contributed by atoms with Gasteiger partial charge >= 0.3 is 0 Å². The number of carbonyl (C=O) groups is 4. The van der Waals surface area contributed by atoms with Crippen LogP contribution in [0, 0.1) is 0 Å². The van der Waals surface area contributed by atoms with Gasteiger partial charge in [0.25, 0.3) is 11.8 Å². The van der Waals surface area contributed by atoms with Crippen LogP contribution < -0.4 is 16.0 Å². The van der Waals surface area contributed by atoms with Crippen molar-refractivity contribution in [3.63, 3.8) is 0 Å². The number of benzene rings is 1. The predicted octanol–water partition coefficient (Wildman–Crippen LogP) is 0.716. The number of likely N-dealkylation sites (tertiary alicyclic amines) is 1. The molecule has 0 radical (unpaired) electrons. The van der Waals surface area contributed by atoms with Gasteiger partial charge in [-0.1, -0.05) is 6.07 Å². The molecule has 1 aromatic carbocycles. The average Bonchev–Trinajstić information content (AvgIpc) is 3.06. The fourth-order valence-corrected chi connectivity index (χ4v) is 5.44. The largest absolute Gasteiger partial charge is 0.382 e. The maximum atomic E-state index is 13.2. The monoisotopic (exact) mass is 439 g/mol. The number of anilines is 1. The summed E-state index contributed by atoms with van der Waals surface area (Å²) in [6, 6.07) is 5.17. The quantitative estimate of drug-likeness (QED) is 0.593. The molecule has 4 amide bonds. The highest BCUT2D eigenvalue weighted by atomic mass is 16.2. The van der Waals surface area contributed by atoms with E-state index in [4.69, 9.17) is 0 Å². The van der Waals surface area contributed by atoms with Crippen LogP contribution in [0.25, 0.3) is 0 Å². The summed E-state index contributed by atoms with van der Waals surface area (Å²) in [6.45, 7) is 4.21. The van der Waals surface area contributed by atoms with Gasteiger partial charge in [-0.2, -0.15) is 0 Å². The van der Waals surface area contributed by atoms with Gasteiger partial charge in [0, 0.05) is 37.3 Å². The number of imide groups is 2. The van der Waals surface area contributed by atoms with E-state index in [0.29, 0.717) is 22.9 Å². The number of hydrogen-bond donors (Lipinski definition) is 3. The van der Waals surface area contributed by atoms with Crippen molar-refractivity contribution < 1.29 is 19.2 Å². The number of nitrogens with one attached hydrogen (secondary N) is 3. The Bertz CT molecular complexity index is 950. The van der Waals surface area contributed by atoms with Crippen molar-refractivity contribution in [1.82, 2.24) is 20.4 Å². The molecule has 3 saturated heterocycles. The first-order chi connectivity index (χ1) is 15.5. The summed E-state index contributed by atoms with van der Waals surface area (Å²) in [5.41, 5.74) is 1.30. The molecular formula is C23H29N5O4. The Morgan fingerprint density at radius 2 is 1.66 bits per heavy atom. The second-order valence-corrected chi connectivity index (χ2v) is 9.11. The van der Waals surface area contributed by atoms with E-state index >= 15 is 0 Å². The number of carbonyl (C=O) groups excluding carboxylic acids is 4. The number of fused-ring (bicyclic) bond motifs is 1. The molecule has 0 aliphatic carbocycles. The molecule has 0 bridgehead atoms. The van der Waals surface area contributed by atoms with Crippen LogP contribution in [0.2, 0.25) is 0 Å². The summed E-state index contributed by atoms with van der Waals surface area (Å²) in [7, 11) is 0.